The highest BCUT2D eigenvalue weighted by Gasteiger charge is 2.13. The van der Waals surface area contributed by atoms with Crippen molar-refractivity contribution >= 4 is 0 Å². The summed E-state index contributed by atoms with van der Waals surface area (Å²) in [6.45, 7) is 0. The summed E-state index contributed by atoms with van der Waals surface area (Å²) < 4.78 is 13.1. The summed E-state index contributed by atoms with van der Waals surface area (Å²) in [5.41, 5.74) is 0. The van der Waals surface area contributed by atoms with Gasteiger partial charge in [-0.25, -0.2) is 0 Å². The van der Waals surface area contributed by atoms with Crippen molar-refractivity contribution < 1.29 is 14.2 Å². The summed E-state index contributed by atoms with van der Waals surface area (Å²) in [6, 6.07) is 22.8. The van der Waals surface area contributed by atoms with Crippen molar-refractivity contribution in [2.24, 2.45) is 7.05 Å². The second-order valence-electron chi connectivity index (χ2n) is 4.46. The monoisotopic (exact) mass is 279 g/mol. The van der Waals surface area contributed by atoms with Crippen LogP contribution in [0.5, 0.6) is 23.3 Å². The average Bonchev–Trinajstić information content (AvgIpc) is 2.52. The van der Waals surface area contributed by atoms with Crippen LogP contribution in [0.2, 0.25) is 0 Å². The van der Waals surface area contributed by atoms with Crippen LogP contribution < -0.4 is 14.2 Å². The predicted octanol–water partition coefficient (Wildman–Crippen LogP) is 3.49. The number of rotatable bonds is 4. The summed E-state index contributed by atoms with van der Waals surface area (Å²) in [7, 11) is 1.82. The van der Waals surface area contributed by atoms with Crippen molar-refractivity contribution in [3.8, 4) is 23.3 Å². The third-order valence-corrected chi connectivity index (χ3v) is 2.87. The Balaban J connectivity index is 1.77. The van der Waals surface area contributed by atoms with Crippen LogP contribution in [0.4, 0.5) is 0 Å². The topological polar surface area (TPSA) is 35.2 Å². The molecule has 0 atom stereocenters. The smallest absolute Gasteiger partial charge is 0.398 e. The molecule has 0 aliphatic rings. The molecular formula is C17H15N2O2+. The maximum absolute atomic E-state index is 5.76. The molecule has 0 aliphatic carbocycles. The van der Waals surface area contributed by atoms with Gasteiger partial charge >= 0.3 is 5.88 Å². The van der Waals surface area contributed by atoms with Crippen LogP contribution in [0.3, 0.4) is 0 Å². The van der Waals surface area contributed by atoms with Gasteiger partial charge in [-0.05, 0) is 28.9 Å². The Bertz CT molecular complexity index is 715. The van der Waals surface area contributed by atoms with Crippen molar-refractivity contribution in [1.29, 1.82) is 0 Å². The Morgan fingerprint density at radius 2 is 1.29 bits per heavy atom. The number of hydrogen-bond acceptors (Lipinski definition) is 3. The van der Waals surface area contributed by atoms with E-state index in [0.29, 0.717) is 11.8 Å². The normalized spacial score (nSPS) is 10.1. The summed E-state index contributed by atoms with van der Waals surface area (Å²) in [5.74, 6) is 2.68. The summed E-state index contributed by atoms with van der Waals surface area (Å²) in [4.78, 5) is 0. The van der Waals surface area contributed by atoms with Crippen LogP contribution in [-0.4, -0.2) is 5.10 Å². The molecule has 4 heteroatoms. The molecule has 3 rings (SSSR count). The fraction of sp³-hybridized carbons (Fsp3) is 0.0588. The molecule has 0 bridgehead atoms. The minimum atomic E-state index is 0.518. The molecule has 0 aliphatic heterocycles. The van der Waals surface area contributed by atoms with Crippen LogP contribution in [0.25, 0.3) is 0 Å². The zero-order chi connectivity index (χ0) is 14.5. The molecule has 0 amide bonds. The van der Waals surface area contributed by atoms with Gasteiger partial charge < -0.3 is 9.47 Å². The molecule has 0 saturated heterocycles. The first kappa shape index (κ1) is 13.1. The van der Waals surface area contributed by atoms with Crippen LogP contribution >= 0.6 is 0 Å². The lowest BCUT2D eigenvalue weighted by atomic mass is 10.3. The molecule has 3 aromatic rings. The van der Waals surface area contributed by atoms with Gasteiger partial charge in [-0.15, -0.1) is 0 Å². The Kier molecular flexibility index (Phi) is 3.78. The molecule has 0 unspecified atom stereocenters. The van der Waals surface area contributed by atoms with E-state index >= 15 is 0 Å². The Morgan fingerprint density at radius 3 is 1.86 bits per heavy atom. The van der Waals surface area contributed by atoms with Gasteiger partial charge in [-0.1, -0.05) is 36.4 Å². The highest BCUT2D eigenvalue weighted by Crippen LogP contribution is 2.21. The van der Waals surface area contributed by atoms with Gasteiger partial charge in [0.15, 0.2) is 7.05 Å². The quantitative estimate of drug-likeness (QED) is 0.686. The van der Waals surface area contributed by atoms with Gasteiger partial charge in [0.2, 0.25) is 0 Å². The first-order chi connectivity index (χ1) is 10.3. The minimum Gasteiger partial charge on any atom is -0.435 e. The first-order valence-electron chi connectivity index (χ1n) is 6.64. The zero-order valence-electron chi connectivity index (χ0n) is 11.6. The third-order valence-electron chi connectivity index (χ3n) is 2.87. The number of ether oxygens (including phenoxy) is 2. The molecule has 0 spiro atoms. The summed E-state index contributed by atoms with van der Waals surface area (Å²) in [5, 5.41) is 4.33. The minimum absolute atomic E-state index is 0.518. The van der Waals surface area contributed by atoms with Crippen LogP contribution in [0, 0.1) is 0 Å². The highest BCUT2D eigenvalue weighted by molar-refractivity contribution is 5.28. The largest absolute Gasteiger partial charge is 0.435 e. The molecule has 4 nitrogen and oxygen atoms in total. The van der Waals surface area contributed by atoms with E-state index in [1.54, 1.807) is 10.7 Å². The molecule has 104 valence electrons. The van der Waals surface area contributed by atoms with Gasteiger partial charge in [0.25, 0.3) is 5.88 Å². The van der Waals surface area contributed by atoms with Crippen molar-refractivity contribution in [3.05, 3.63) is 72.8 Å². The number of aromatic nitrogens is 2. The van der Waals surface area contributed by atoms with E-state index in [4.69, 9.17) is 9.47 Å². The van der Waals surface area contributed by atoms with Crippen LogP contribution in [0.15, 0.2) is 72.8 Å². The van der Waals surface area contributed by atoms with Crippen molar-refractivity contribution in [2.75, 3.05) is 0 Å². The Labute approximate surface area is 123 Å². The number of hydrogen-bond donors (Lipinski definition) is 0. The molecule has 1 aromatic heterocycles. The van der Waals surface area contributed by atoms with E-state index in [0.717, 1.165) is 11.5 Å². The lowest BCUT2D eigenvalue weighted by Crippen LogP contribution is -2.34. The van der Waals surface area contributed by atoms with E-state index < -0.39 is 0 Å². The molecule has 0 N–H and O–H groups in total. The first-order valence-corrected chi connectivity index (χ1v) is 6.64. The molecule has 0 radical (unpaired) electrons. The Morgan fingerprint density at radius 1 is 0.714 bits per heavy atom. The van der Waals surface area contributed by atoms with Gasteiger partial charge in [-0.3, -0.25) is 0 Å². The Hall–Kier alpha value is -2.88. The van der Waals surface area contributed by atoms with Crippen molar-refractivity contribution in [2.45, 2.75) is 0 Å². The highest BCUT2D eigenvalue weighted by atomic mass is 16.5. The van der Waals surface area contributed by atoms with E-state index in [9.17, 15) is 0 Å². The standard InChI is InChI=1S/C17H15N2O2/c1-19-17(21-15-10-6-3-7-11-15)13-12-16(18-19)20-14-8-4-2-5-9-14/h2-13H,1H3/q+1. The summed E-state index contributed by atoms with van der Waals surface area (Å²) >= 11 is 0. The molecular weight excluding hydrogens is 264 g/mol. The average molecular weight is 279 g/mol. The molecule has 21 heavy (non-hydrogen) atoms. The lowest BCUT2D eigenvalue weighted by molar-refractivity contribution is -0.734. The van der Waals surface area contributed by atoms with Gasteiger partial charge in [0.1, 0.15) is 11.5 Å². The van der Waals surface area contributed by atoms with E-state index in [2.05, 4.69) is 5.10 Å². The third kappa shape index (κ3) is 3.36. The van der Waals surface area contributed by atoms with Gasteiger partial charge in [0.05, 0.1) is 6.07 Å². The fourth-order valence-corrected chi connectivity index (χ4v) is 1.85. The van der Waals surface area contributed by atoms with E-state index in [1.165, 1.54) is 0 Å². The molecule has 0 fully saturated rings. The maximum atomic E-state index is 5.76. The maximum Gasteiger partial charge on any atom is 0.398 e. The number of nitrogens with zero attached hydrogens (tertiary/aromatic N) is 2. The molecule has 1 heterocycles. The number of aryl methyl sites for hydroxylation is 1. The molecule has 0 saturated carbocycles. The van der Waals surface area contributed by atoms with Crippen LogP contribution in [-0.2, 0) is 7.05 Å². The predicted molar refractivity (Wildman–Crippen MR) is 78.4 cm³/mol. The second-order valence-corrected chi connectivity index (χ2v) is 4.46. The summed E-state index contributed by atoms with van der Waals surface area (Å²) in [6.07, 6.45) is 0. The van der Waals surface area contributed by atoms with E-state index in [-0.39, 0.29) is 0 Å². The number of benzene rings is 2. The molecule has 2 aromatic carbocycles. The van der Waals surface area contributed by atoms with Crippen LogP contribution in [0.1, 0.15) is 0 Å². The fourth-order valence-electron chi connectivity index (χ4n) is 1.85. The number of para-hydroxylation sites is 2. The second kappa shape index (κ2) is 6.05. The van der Waals surface area contributed by atoms with Gasteiger partial charge in [0, 0.05) is 11.2 Å². The van der Waals surface area contributed by atoms with E-state index in [1.807, 2.05) is 73.8 Å². The zero-order valence-corrected chi connectivity index (χ0v) is 11.6. The SMILES string of the molecule is C[n+]1nc(Oc2ccccc2)ccc1Oc1ccccc1. The lowest BCUT2D eigenvalue weighted by Gasteiger charge is -2.04. The van der Waals surface area contributed by atoms with Crippen molar-refractivity contribution in [3.63, 3.8) is 0 Å². The van der Waals surface area contributed by atoms with Crippen molar-refractivity contribution in [1.82, 2.24) is 5.10 Å². The van der Waals surface area contributed by atoms with Gasteiger partial charge in [-0.2, -0.15) is 0 Å².